The lowest BCUT2D eigenvalue weighted by molar-refractivity contribution is -0.117. The van der Waals surface area contributed by atoms with Crippen LogP contribution in [0.2, 0.25) is 5.02 Å². The Bertz CT molecular complexity index is 1110. The number of hydrogen-bond acceptors (Lipinski definition) is 4. The number of aryl methyl sites for hydroxylation is 1. The Morgan fingerprint density at radius 3 is 2.66 bits per heavy atom. The van der Waals surface area contributed by atoms with Gasteiger partial charge in [0.1, 0.15) is 17.3 Å². The summed E-state index contributed by atoms with van der Waals surface area (Å²) in [6.45, 7) is 1.87. The summed E-state index contributed by atoms with van der Waals surface area (Å²) in [4.78, 5) is 28.3. The molecule has 0 atom stereocenters. The number of pyridine rings is 1. The van der Waals surface area contributed by atoms with Crippen molar-refractivity contribution in [3.05, 3.63) is 76.6 Å². The number of rotatable bonds is 4. The van der Waals surface area contributed by atoms with E-state index in [2.05, 4.69) is 15.6 Å². The van der Waals surface area contributed by atoms with E-state index in [1.807, 2.05) is 6.92 Å². The first-order chi connectivity index (χ1) is 14.0. The summed E-state index contributed by atoms with van der Waals surface area (Å²) in [7, 11) is 0. The summed E-state index contributed by atoms with van der Waals surface area (Å²) >= 11 is 6.01. The number of ether oxygens (including phenoxy) is 1. The third kappa shape index (κ3) is 4.38. The minimum atomic E-state index is -0.376. The summed E-state index contributed by atoms with van der Waals surface area (Å²) in [6, 6.07) is 13.7. The van der Waals surface area contributed by atoms with Crippen molar-refractivity contribution in [2.45, 2.75) is 19.8 Å². The molecule has 0 unspecified atom stereocenters. The van der Waals surface area contributed by atoms with Crippen LogP contribution in [-0.4, -0.2) is 16.8 Å². The second-order valence-electron chi connectivity index (χ2n) is 6.80. The summed E-state index contributed by atoms with van der Waals surface area (Å²) in [5.41, 5.74) is 3.69. The molecule has 146 valence electrons. The van der Waals surface area contributed by atoms with Gasteiger partial charge in [-0.15, -0.1) is 0 Å². The molecule has 4 rings (SSSR count). The molecular weight excluding hydrogens is 390 g/mol. The predicted molar refractivity (Wildman–Crippen MR) is 112 cm³/mol. The van der Waals surface area contributed by atoms with Crippen molar-refractivity contribution in [2.75, 3.05) is 10.6 Å². The molecule has 1 aliphatic carbocycles. The zero-order valence-electron chi connectivity index (χ0n) is 15.7. The first-order valence-corrected chi connectivity index (χ1v) is 9.46. The molecule has 1 aliphatic rings. The molecule has 7 heteroatoms. The highest BCUT2D eigenvalue weighted by Crippen LogP contribution is 2.32. The maximum Gasteiger partial charge on any atom is 0.323 e. The number of anilines is 2. The number of nitrogens with one attached hydrogen (secondary N) is 2. The standard InChI is InChI=1S/C22H18ClN3O3/c1-13-9-15(5-6-19(13)23)26-22(28)25-14-3-2-4-17(10-14)29-21-7-8-24-20-12-16(27)11-18(20)21/h2-10H,11-12H2,1H3,(H2,25,26,28). The van der Waals surface area contributed by atoms with Crippen LogP contribution >= 0.6 is 11.6 Å². The minimum absolute atomic E-state index is 0.132. The second kappa shape index (κ2) is 7.93. The Kier molecular flexibility index (Phi) is 5.18. The van der Waals surface area contributed by atoms with Crippen LogP contribution in [0.1, 0.15) is 16.8 Å². The van der Waals surface area contributed by atoms with Crippen molar-refractivity contribution in [3.8, 4) is 11.5 Å². The molecule has 0 radical (unpaired) electrons. The Balaban J connectivity index is 1.45. The molecule has 0 saturated heterocycles. The van der Waals surface area contributed by atoms with Gasteiger partial charge in [0.05, 0.1) is 5.69 Å². The van der Waals surface area contributed by atoms with Crippen LogP contribution in [0.4, 0.5) is 16.2 Å². The van der Waals surface area contributed by atoms with Crippen LogP contribution in [0, 0.1) is 6.92 Å². The van der Waals surface area contributed by atoms with Gasteiger partial charge in [0, 0.05) is 47.1 Å². The lowest BCUT2D eigenvalue weighted by Crippen LogP contribution is -2.19. The highest BCUT2D eigenvalue weighted by atomic mass is 35.5. The fourth-order valence-electron chi connectivity index (χ4n) is 3.18. The number of ketones is 1. The van der Waals surface area contributed by atoms with E-state index in [1.165, 1.54) is 0 Å². The van der Waals surface area contributed by atoms with Gasteiger partial charge >= 0.3 is 6.03 Å². The molecule has 1 aromatic heterocycles. The van der Waals surface area contributed by atoms with E-state index in [0.717, 1.165) is 16.8 Å². The zero-order valence-corrected chi connectivity index (χ0v) is 16.4. The molecule has 2 N–H and O–H groups in total. The van der Waals surface area contributed by atoms with Crippen LogP contribution in [-0.2, 0) is 17.6 Å². The van der Waals surface area contributed by atoms with Gasteiger partial charge in [0.25, 0.3) is 0 Å². The zero-order chi connectivity index (χ0) is 20.4. The number of nitrogens with zero attached hydrogens (tertiary/aromatic N) is 1. The van der Waals surface area contributed by atoms with E-state index in [4.69, 9.17) is 16.3 Å². The highest BCUT2D eigenvalue weighted by molar-refractivity contribution is 6.31. The number of Topliss-reactive ketones (excluding diaryl/α,β-unsaturated/α-hetero) is 1. The molecular formula is C22H18ClN3O3. The summed E-state index contributed by atoms with van der Waals surface area (Å²) in [5.74, 6) is 1.30. The predicted octanol–water partition coefficient (Wildman–Crippen LogP) is 5.15. The molecule has 0 saturated carbocycles. The number of carbonyl (C=O) groups is 2. The first-order valence-electron chi connectivity index (χ1n) is 9.08. The number of fused-ring (bicyclic) bond motifs is 1. The van der Waals surface area contributed by atoms with Crippen molar-refractivity contribution < 1.29 is 14.3 Å². The van der Waals surface area contributed by atoms with Crippen molar-refractivity contribution in [1.82, 2.24) is 4.98 Å². The van der Waals surface area contributed by atoms with Gasteiger partial charge in [0.15, 0.2) is 0 Å². The van der Waals surface area contributed by atoms with E-state index < -0.39 is 0 Å². The van der Waals surface area contributed by atoms with Crippen LogP contribution < -0.4 is 15.4 Å². The summed E-state index contributed by atoms with van der Waals surface area (Å²) < 4.78 is 5.96. The van der Waals surface area contributed by atoms with E-state index in [-0.39, 0.29) is 11.8 Å². The Morgan fingerprint density at radius 1 is 1.07 bits per heavy atom. The third-order valence-corrected chi connectivity index (χ3v) is 5.00. The van der Waals surface area contributed by atoms with Gasteiger partial charge in [-0.2, -0.15) is 0 Å². The van der Waals surface area contributed by atoms with E-state index in [9.17, 15) is 9.59 Å². The van der Waals surface area contributed by atoms with Gasteiger partial charge < -0.3 is 15.4 Å². The fraction of sp³-hybridized carbons (Fsp3) is 0.136. The smallest absolute Gasteiger partial charge is 0.323 e. The highest BCUT2D eigenvalue weighted by Gasteiger charge is 2.23. The number of aromatic nitrogens is 1. The SMILES string of the molecule is Cc1cc(NC(=O)Nc2cccc(Oc3ccnc4c3CC(=O)C4)c2)ccc1Cl. The summed E-state index contributed by atoms with van der Waals surface area (Å²) in [6.07, 6.45) is 2.31. The third-order valence-electron chi connectivity index (χ3n) is 4.58. The fourth-order valence-corrected chi connectivity index (χ4v) is 3.30. The first kappa shape index (κ1) is 19.0. The van der Waals surface area contributed by atoms with Crippen molar-refractivity contribution in [3.63, 3.8) is 0 Å². The summed E-state index contributed by atoms with van der Waals surface area (Å²) in [5, 5.41) is 6.20. The van der Waals surface area contributed by atoms with E-state index >= 15 is 0 Å². The molecule has 3 aromatic rings. The quantitative estimate of drug-likeness (QED) is 0.627. The average Bonchev–Trinajstić information content (AvgIpc) is 3.06. The molecule has 0 bridgehead atoms. The Hall–Kier alpha value is -3.38. The monoisotopic (exact) mass is 407 g/mol. The van der Waals surface area contributed by atoms with Crippen molar-refractivity contribution >= 4 is 34.8 Å². The van der Waals surface area contributed by atoms with E-state index in [0.29, 0.717) is 40.7 Å². The average molecular weight is 408 g/mol. The van der Waals surface area contributed by atoms with E-state index in [1.54, 1.807) is 54.7 Å². The normalized spacial score (nSPS) is 12.4. The lowest BCUT2D eigenvalue weighted by atomic mass is 10.2. The van der Waals surface area contributed by atoms with Crippen LogP contribution in [0.3, 0.4) is 0 Å². The largest absolute Gasteiger partial charge is 0.457 e. The number of benzene rings is 2. The van der Waals surface area contributed by atoms with Gasteiger partial charge in [-0.25, -0.2) is 4.79 Å². The van der Waals surface area contributed by atoms with Gasteiger partial charge in [-0.3, -0.25) is 9.78 Å². The van der Waals surface area contributed by atoms with Crippen molar-refractivity contribution in [1.29, 1.82) is 0 Å². The molecule has 1 heterocycles. The maximum absolute atomic E-state index is 12.3. The van der Waals surface area contributed by atoms with Crippen LogP contribution in [0.5, 0.6) is 11.5 Å². The second-order valence-corrected chi connectivity index (χ2v) is 7.21. The molecule has 29 heavy (non-hydrogen) atoms. The molecule has 0 spiro atoms. The topological polar surface area (TPSA) is 80.3 Å². The number of carbonyl (C=O) groups excluding carboxylic acids is 2. The molecule has 6 nitrogen and oxygen atoms in total. The van der Waals surface area contributed by atoms with Crippen LogP contribution in [0.25, 0.3) is 0 Å². The maximum atomic E-state index is 12.3. The molecule has 0 aliphatic heterocycles. The van der Waals surface area contributed by atoms with Crippen molar-refractivity contribution in [2.24, 2.45) is 0 Å². The van der Waals surface area contributed by atoms with Gasteiger partial charge in [0.2, 0.25) is 0 Å². The molecule has 0 fully saturated rings. The minimum Gasteiger partial charge on any atom is -0.457 e. The molecule has 2 aromatic carbocycles. The Labute approximate surface area is 172 Å². The number of urea groups is 1. The van der Waals surface area contributed by atoms with Crippen LogP contribution in [0.15, 0.2) is 54.7 Å². The van der Waals surface area contributed by atoms with Gasteiger partial charge in [-0.05, 0) is 48.9 Å². The Morgan fingerprint density at radius 2 is 1.86 bits per heavy atom. The van der Waals surface area contributed by atoms with Gasteiger partial charge in [-0.1, -0.05) is 17.7 Å². The lowest BCUT2D eigenvalue weighted by Gasteiger charge is -2.12. The number of halogens is 1. The number of amides is 2. The number of hydrogen-bond donors (Lipinski definition) is 2. The molecule has 2 amide bonds.